The molecule has 0 aliphatic carbocycles. The van der Waals surface area contributed by atoms with Crippen molar-refractivity contribution in [2.45, 2.75) is 382 Å². The van der Waals surface area contributed by atoms with E-state index in [0.717, 1.165) is 73.6 Å². The van der Waals surface area contributed by atoms with Gasteiger partial charge in [0.05, 0.1) is 41.7 Å². The van der Waals surface area contributed by atoms with Crippen LogP contribution in [0.1, 0.15) is 376 Å². The third-order valence-electron chi connectivity index (χ3n) is 14.2. The highest BCUT2D eigenvalue weighted by molar-refractivity contribution is 6.01. The fraction of sp³-hybridized carbons (Fsp3) is 0.680. The van der Waals surface area contributed by atoms with Gasteiger partial charge in [0.2, 0.25) is 5.96 Å². The minimum Gasteiger partial charge on any atom is -0.488 e. The van der Waals surface area contributed by atoms with E-state index in [1.807, 2.05) is 237 Å². The van der Waals surface area contributed by atoms with Crippen LogP contribution in [0, 0.1) is 65.0 Å². The number of nitrogens with two attached hydrogens (primary N) is 7. The van der Waals surface area contributed by atoms with E-state index < -0.39 is 0 Å². The molecular weight excluding hydrogens is 1590 g/mol. The third kappa shape index (κ3) is 96.9. The number of ether oxygens (including phenoxy) is 2. The summed E-state index contributed by atoms with van der Waals surface area (Å²) in [5.74, 6) is 6.18. The number of nitrogens with one attached hydrogen (secondary N) is 8. The lowest BCUT2D eigenvalue weighted by Crippen LogP contribution is -2.31. The number of hydrogen-bond acceptors (Lipinski definition) is 19. The molecule has 3 heterocycles. The van der Waals surface area contributed by atoms with E-state index in [4.69, 9.17) is 81.9 Å². The first-order chi connectivity index (χ1) is 55.1. The van der Waals surface area contributed by atoms with Crippen LogP contribution in [-0.4, -0.2) is 142 Å². The normalized spacial score (nSPS) is 13.3. The predicted molar refractivity (Wildman–Crippen MR) is 572 cm³/mol. The van der Waals surface area contributed by atoms with Gasteiger partial charge in [-0.15, -0.1) is 5.10 Å². The lowest BCUT2D eigenvalue weighted by molar-refractivity contribution is 0.130. The number of oxime groups is 1. The molecule has 127 heavy (non-hydrogen) atoms. The Balaban J connectivity index is -0.000000114. The number of hydrogen-bond donors (Lipinski definition) is 16. The summed E-state index contributed by atoms with van der Waals surface area (Å²) in [6.07, 6.45) is 5.84. The molecule has 23 N–H and O–H groups in total. The number of benzene rings is 3. The highest BCUT2D eigenvalue weighted by Crippen LogP contribution is 2.25. The summed E-state index contributed by atoms with van der Waals surface area (Å²) in [5, 5.41) is 64.1. The van der Waals surface area contributed by atoms with Gasteiger partial charge in [-0.1, -0.05) is 253 Å². The van der Waals surface area contributed by atoms with Crippen LogP contribution in [0.2, 0.25) is 0 Å². The topological polar surface area (TPSA) is 487 Å². The summed E-state index contributed by atoms with van der Waals surface area (Å²) < 4.78 is 11.3. The second-order valence-electron chi connectivity index (χ2n) is 41.2. The summed E-state index contributed by atoms with van der Waals surface area (Å²) in [4.78, 5) is 21.3. The van der Waals surface area contributed by atoms with Crippen LogP contribution >= 0.6 is 0 Å². The van der Waals surface area contributed by atoms with E-state index in [9.17, 15) is 0 Å². The van der Waals surface area contributed by atoms with E-state index in [-0.39, 0.29) is 119 Å². The standard InChI is InChI=1S/C14H19N.C12H17NO.C11H16N2O.C7H15N3.2C7H14N2.C6H14N4.2C6H14N2.C6H13N.C5H12N2O.C5H12N2.2C2H6.4CH4/c1-14(2,3)12-8-6-11(7-9-12)13-5-4-10-15-13;1-9(13)10-5-7-11(8-6-10)14-12(2,3)4;1-11(2,3)14-9-6-4-8(5-7-9)10(12)13;1-6(8)10-9-5-7(2,3)4;2*1-7(2,3)6-8-4-5-9-6;1-6(2,3)4-9-10-5(7)8;2*1-5(7)8-6(2,3)4;1-5(7)6(2,3)4;1-5(2,3)4(6)7-8;1-5(2,3)4(6)7;2*1-2;;;;/h6-9H,4-5,10H2,1-3H3;5-8,13H,1-4H3;4-7H,1-3H3,(H3,12,13);5H,1-4H3,(H2,8,10);2*4-5H2,1-3H3,(H,8,9);4H,1-3H3,(H4,7,8,10);2*1-4H3,(H2,7,8);7H,1-4H3;8H,1-3H3,(H2,6,7);1-3H3,(H3,6,7);2*1-2H3;4*1H4/b;;;9-5+;;;9-4+;;;;;;;;;;;. The van der Waals surface area contributed by atoms with Gasteiger partial charge in [-0.25, -0.2) is 5.43 Å². The molecule has 27 nitrogen and oxygen atoms in total. The highest BCUT2D eigenvalue weighted by atomic mass is 16.5. The van der Waals surface area contributed by atoms with Crippen LogP contribution < -0.4 is 65.7 Å². The van der Waals surface area contributed by atoms with Crippen molar-refractivity contribution in [2.24, 2.45) is 123 Å². The average molecular weight is 1790 g/mol. The van der Waals surface area contributed by atoms with Crippen molar-refractivity contribution in [3.63, 3.8) is 0 Å². The third-order valence-corrected chi connectivity index (χ3v) is 14.2. The Labute approximate surface area is 780 Å². The Bertz CT molecular complexity index is 3550. The summed E-state index contributed by atoms with van der Waals surface area (Å²) >= 11 is 0. The molecule has 3 aliphatic rings. The maximum Gasteiger partial charge on any atom is 0.206 e. The fourth-order valence-electron chi connectivity index (χ4n) is 7.72. The second kappa shape index (κ2) is 67.7. The lowest BCUT2D eigenvalue weighted by atomic mass is 9.86. The summed E-state index contributed by atoms with van der Waals surface area (Å²) in [5.41, 5.74) is 46.1. The van der Waals surface area contributed by atoms with E-state index in [0.29, 0.717) is 28.8 Å². The monoisotopic (exact) mass is 1790 g/mol. The molecule has 0 fully saturated rings. The highest BCUT2D eigenvalue weighted by Gasteiger charge is 2.23. The molecule has 0 unspecified atom stereocenters. The first-order valence-electron chi connectivity index (χ1n) is 42.8. The molecule has 3 aliphatic heterocycles. The van der Waals surface area contributed by atoms with Crippen molar-refractivity contribution in [1.82, 2.24) is 16.1 Å². The molecule has 0 bridgehead atoms. The van der Waals surface area contributed by atoms with Gasteiger partial charge in [0.15, 0.2) is 0 Å². The quantitative estimate of drug-likeness (QED) is 0.0453. The van der Waals surface area contributed by atoms with Gasteiger partial charge in [-0.3, -0.25) is 41.2 Å². The van der Waals surface area contributed by atoms with Gasteiger partial charge in [-0.05, 0) is 217 Å². The zero-order valence-electron chi connectivity index (χ0n) is 86.4. The molecule has 0 aromatic heterocycles. The van der Waals surface area contributed by atoms with Crippen LogP contribution in [0.5, 0.6) is 11.5 Å². The molecule has 0 saturated heterocycles. The minimum absolute atomic E-state index is 0. The molecule has 0 spiro atoms. The van der Waals surface area contributed by atoms with Gasteiger partial charge in [0.25, 0.3) is 0 Å². The molecule has 740 valence electrons. The Morgan fingerprint density at radius 1 is 0.433 bits per heavy atom. The van der Waals surface area contributed by atoms with Gasteiger partial charge >= 0.3 is 0 Å². The Hall–Kier alpha value is -9.56. The average Bonchev–Trinajstić information content (AvgIpc) is 1.84. The maximum atomic E-state index is 8.13. The number of nitrogen functional groups attached to an aromatic ring is 1. The van der Waals surface area contributed by atoms with Crippen molar-refractivity contribution < 1.29 is 14.7 Å². The summed E-state index contributed by atoms with van der Waals surface area (Å²) in [6.45, 7) is 95.4. The first kappa shape index (κ1) is 143. The maximum absolute atomic E-state index is 8.13. The van der Waals surface area contributed by atoms with E-state index in [2.05, 4.69) is 169 Å². The van der Waals surface area contributed by atoms with Gasteiger partial charge in [0.1, 0.15) is 51.9 Å². The molecule has 3 aromatic carbocycles. The van der Waals surface area contributed by atoms with E-state index in [1.165, 1.54) is 23.3 Å². The number of hydrazone groups is 1. The van der Waals surface area contributed by atoms with E-state index in [1.54, 1.807) is 52.3 Å². The zero-order chi connectivity index (χ0) is 99.1. The van der Waals surface area contributed by atoms with Gasteiger partial charge < -0.3 is 76.3 Å². The minimum atomic E-state index is -0.214. The van der Waals surface area contributed by atoms with Crippen molar-refractivity contribution in [3.8, 4) is 11.5 Å². The molecule has 0 atom stereocenters. The Morgan fingerprint density at radius 2 is 0.764 bits per heavy atom. The van der Waals surface area contributed by atoms with Crippen LogP contribution in [-0.2, 0) is 5.41 Å². The molecule has 0 saturated carbocycles. The van der Waals surface area contributed by atoms with Crippen LogP contribution in [0.15, 0.2) is 118 Å². The fourth-order valence-corrected chi connectivity index (χ4v) is 7.72. The van der Waals surface area contributed by atoms with E-state index >= 15 is 0 Å². The van der Waals surface area contributed by atoms with Crippen molar-refractivity contribution in [1.29, 1.82) is 27.0 Å². The summed E-state index contributed by atoms with van der Waals surface area (Å²) in [7, 11) is 0. The van der Waals surface area contributed by atoms with Crippen LogP contribution in [0.3, 0.4) is 0 Å². The lowest BCUT2D eigenvalue weighted by Gasteiger charge is -2.21. The number of rotatable bonds is 7. The first-order valence-corrected chi connectivity index (χ1v) is 42.8. The number of aliphatic imine (C=N–C) groups is 5. The number of amidine groups is 8. The largest absolute Gasteiger partial charge is 0.488 e. The molecule has 0 radical (unpaired) electrons. The van der Waals surface area contributed by atoms with Crippen molar-refractivity contribution in [2.75, 3.05) is 32.7 Å². The Kier molecular flexibility index (Phi) is 76.3. The van der Waals surface area contributed by atoms with Gasteiger partial charge in [-0.2, -0.15) is 10.2 Å². The SMILES string of the molecule is C.C.C.C.C/C(N)=N/N=C/C(C)(C)C.CC.CC.CC(=N)C(C)(C)C.CC(=N)c1ccc(OC(C)(C)C)cc1.CC(C)(C)/C=N/NC(=N)N.CC(C)(C)C(=N)N.CC(C)(C)C(N)=NO.CC(C)(C)C1=NCCN1.CC(C)(C)C1=NCCN1.CC(C)(C)Oc1ccc(C(=N)N)cc1.CC(C)(C)c1ccc(C2=NCCC2)cc1.CC(N)=NC(C)(C)C.CC(N)=NC(C)(C)C. The molecule has 27 heteroatoms. The Morgan fingerprint density at radius 3 is 0.937 bits per heavy atom. The zero-order valence-corrected chi connectivity index (χ0v) is 86.4. The predicted octanol–water partition coefficient (Wildman–Crippen LogP) is 23.7. The second-order valence-corrected chi connectivity index (χ2v) is 41.2. The molecule has 6 rings (SSSR count). The van der Waals surface area contributed by atoms with Crippen LogP contribution in [0.25, 0.3) is 0 Å². The van der Waals surface area contributed by atoms with Crippen molar-refractivity contribution >= 4 is 82.2 Å². The van der Waals surface area contributed by atoms with Gasteiger partial charge in [0, 0.05) is 76.4 Å². The molecule has 0 amide bonds. The molecular formula is C100H202N24O3. The molecule has 3 aromatic rings. The van der Waals surface area contributed by atoms with Crippen LogP contribution in [0.4, 0.5) is 0 Å². The number of nitrogens with zero attached hydrogens (tertiary/aromatic N) is 9. The summed E-state index contributed by atoms with van der Waals surface area (Å²) in [6, 6.07) is 23.7. The number of guanidine groups is 1. The smallest absolute Gasteiger partial charge is 0.206 e. The van der Waals surface area contributed by atoms with Crippen molar-refractivity contribution in [3.05, 3.63) is 95.1 Å².